The van der Waals surface area contributed by atoms with Crippen molar-refractivity contribution >= 4 is 16.9 Å². The van der Waals surface area contributed by atoms with E-state index < -0.39 is 5.82 Å². The molecule has 0 radical (unpaired) electrons. The number of pyridine rings is 2. The highest BCUT2D eigenvalue weighted by Crippen LogP contribution is 2.21. The van der Waals surface area contributed by atoms with Gasteiger partial charge in [0.25, 0.3) is 5.91 Å². The summed E-state index contributed by atoms with van der Waals surface area (Å²) < 4.78 is 20.3. The fraction of sp³-hybridized carbons (Fsp3) is 0.292. The zero-order valence-electron chi connectivity index (χ0n) is 17.0. The Kier molecular flexibility index (Phi) is 7.73. The van der Waals surface area contributed by atoms with Gasteiger partial charge < -0.3 is 10.1 Å². The van der Waals surface area contributed by atoms with Gasteiger partial charge in [-0.25, -0.2) is 9.37 Å². The number of nitrogens with zero attached hydrogens (tertiary/aromatic N) is 2. The molecule has 2 heterocycles. The molecule has 0 aliphatic rings. The summed E-state index contributed by atoms with van der Waals surface area (Å²) in [7, 11) is 0. The van der Waals surface area contributed by atoms with Gasteiger partial charge in [-0.3, -0.25) is 9.78 Å². The highest BCUT2D eigenvalue weighted by molar-refractivity contribution is 5.94. The van der Waals surface area contributed by atoms with Gasteiger partial charge in [-0.1, -0.05) is 19.1 Å². The molecule has 3 rings (SSSR count). The van der Waals surface area contributed by atoms with E-state index in [0.717, 1.165) is 25.7 Å². The number of hydrogen-bond acceptors (Lipinski definition) is 4. The molecule has 0 spiro atoms. The van der Waals surface area contributed by atoms with Gasteiger partial charge in [0.05, 0.1) is 17.6 Å². The van der Waals surface area contributed by atoms with Gasteiger partial charge >= 0.3 is 0 Å². The number of aromatic nitrogens is 2. The number of carbonyl (C=O) groups is 1. The van der Waals surface area contributed by atoms with E-state index in [0.29, 0.717) is 23.2 Å². The van der Waals surface area contributed by atoms with Crippen molar-refractivity contribution in [2.75, 3.05) is 6.61 Å². The minimum Gasteiger partial charge on any atom is -0.491 e. The number of unbranched alkanes of at least 4 members (excludes halogenated alkanes) is 2. The first-order valence-electron chi connectivity index (χ1n) is 10.0. The number of halogens is 1. The Labute approximate surface area is 175 Å². The molecule has 5 nitrogen and oxygen atoms in total. The van der Waals surface area contributed by atoms with Crippen molar-refractivity contribution in [2.45, 2.75) is 39.2 Å². The fourth-order valence-electron chi connectivity index (χ4n) is 2.86. The van der Waals surface area contributed by atoms with Gasteiger partial charge in [0.1, 0.15) is 5.69 Å². The lowest BCUT2D eigenvalue weighted by Gasteiger charge is -2.11. The number of rotatable bonds is 8. The quantitative estimate of drug-likeness (QED) is 0.437. The number of hydrogen-bond donors (Lipinski definition) is 1. The molecule has 2 aromatic heterocycles. The third-order valence-corrected chi connectivity index (χ3v) is 4.43. The summed E-state index contributed by atoms with van der Waals surface area (Å²) in [4.78, 5) is 20.9. The number of benzene rings is 1. The second kappa shape index (κ2) is 10.9. The number of carbonyl (C=O) groups excluding carboxylic acids is 1. The molecule has 0 aliphatic heterocycles. The van der Waals surface area contributed by atoms with Gasteiger partial charge in [-0.15, -0.1) is 11.8 Å². The van der Waals surface area contributed by atoms with Crippen LogP contribution in [0.3, 0.4) is 0 Å². The van der Waals surface area contributed by atoms with Crippen LogP contribution in [-0.2, 0) is 6.54 Å². The summed E-state index contributed by atoms with van der Waals surface area (Å²) in [5.41, 5.74) is 1.96. The Balaban J connectivity index is 1.54. The van der Waals surface area contributed by atoms with Crippen LogP contribution >= 0.6 is 0 Å². The predicted molar refractivity (Wildman–Crippen MR) is 115 cm³/mol. The number of ether oxygens (including phenoxy) is 1. The lowest BCUT2D eigenvalue weighted by atomic mass is 10.2. The summed E-state index contributed by atoms with van der Waals surface area (Å²) in [6.45, 7) is 2.49. The van der Waals surface area contributed by atoms with Crippen molar-refractivity contribution in [3.63, 3.8) is 0 Å². The summed E-state index contributed by atoms with van der Waals surface area (Å²) >= 11 is 0. The minimum atomic E-state index is -0.459. The Hall–Kier alpha value is -3.46. The molecule has 0 bridgehead atoms. The minimum absolute atomic E-state index is 0.0429. The predicted octanol–water partition coefficient (Wildman–Crippen LogP) is 4.66. The molecule has 30 heavy (non-hydrogen) atoms. The van der Waals surface area contributed by atoms with E-state index in [4.69, 9.17) is 4.74 Å². The van der Waals surface area contributed by atoms with E-state index in [9.17, 15) is 9.18 Å². The molecule has 0 saturated carbocycles. The Morgan fingerprint density at radius 3 is 2.87 bits per heavy atom. The van der Waals surface area contributed by atoms with Crippen LogP contribution in [0.15, 0.2) is 48.7 Å². The SMILES string of the molecule is CCC#CCCCCOc1cccc(CNC(=O)c2ccc3ncccc3n2)c1F. The second-order valence-electron chi connectivity index (χ2n) is 6.66. The van der Waals surface area contributed by atoms with Gasteiger partial charge in [0.2, 0.25) is 0 Å². The highest BCUT2D eigenvalue weighted by atomic mass is 19.1. The average Bonchev–Trinajstić information content (AvgIpc) is 2.78. The van der Waals surface area contributed by atoms with Gasteiger partial charge in [0.15, 0.2) is 11.6 Å². The van der Waals surface area contributed by atoms with Crippen LogP contribution in [0.4, 0.5) is 4.39 Å². The zero-order chi connectivity index (χ0) is 21.2. The fourth-order valence-corrected chi connectivity index (χ4v) is 2.86. The Morgan fingerprint density at radius 2 is 2.00 bits per heavy atom. The average molecular weight is 405 g/mol. The third kappa shape index (κ3) is 5.77. The molecule has 6 heteroatoms. The maximum absolute atomic E-state index is 14.7. The molecule has 0 unspecified atom stereocenters. The highest BCUT2D eigenvalue weighted by Gasteiger charge is 2.12. The lowest BCUT2D eigenvalue weighted by Crippen LogP contribution is -2.24. The van der Waals surface area contributed by atoms with Crippen molar-refractivity contribution in [3.05, 3.63) is 65.7 Å². The third-order valence-electron chi connectivity index (χ3n) is 4.43. The van der Waals surface area contributed by atoms with Crippen LogP contribution in [0.1, 0.15) is 48.7 Å². The van der Waals surface area contributed by atoms with Crippen LogP contribution in [0.2, 0.25) is 0 Å². The maximum Gasteiger partial charge on any atom is 0.270 e. The van der Waals surface area contributed by atoms with Gasteiger partial charge in [-0.05, 0) is 43.2 Å². The van der Waals surface area contributed by atoms with Crippen molar-refractivity contribution in [3.8, 4) is 17.6 Å². The topological polar surface area (TPSA) is 64.1 Å². The molecule has 0 aliphatic carbocycles. The molecule has 154 valence electrons. The van der Waals surface area contributed by atoms with Crippen LogP contribution < -0.4 is 10.1 Å². The van der Waals surface area contributed by atoms with E-state index in [1.54, 1.807) is 48.7 Å². The van der Waals surface area contributed by atoms with Crippen molar-refractivity contribution in [1.82, 2.24) is 15.3 Å². The molecule has 0 fully saturated rings. The first kappa shape index (κ1) is 21.3. The Bertz CT molecular complexity index is 1070. The molecule has 0 saturated heterocycles. The molecule has 3 aromatic rings. The van der Waals surface area contributed by atoms with Crippen LogP contribution in [0.5, 0.6) is 5.75 Å². The van der Waals surface area contributed by atoms with E-state index in [-0.39, 0.29) is 23.9 Å². The summed E-state index contributed by atoms with van der Waals surface area (Å²) in [5, 5.41) is 2.71. The molecule has 1 amide bonds. The molecular weight excluding hydrogens is 381 g/mol. The van der Waals surface area contributed by atoms with Gasteiger partial charge in [-0.2, -0.15) is 0 Å². The van der Waals surface area contributed by atoms with Crippen LogP contribution in [0.25, 0.3) is 11.0 Å². The number of amides is 1. The standard InChI is InChI=1S/C24H24FN3O2/c1-2-3-4-5-6-7-16-30-22-12-8-10-18(23(22)25)17-27-24(29)21-14-13-19-20(28-21)11-9-15-26-19/h8-15H,2,5-7,16-17H2,1H3,(H,27,29). The normalized spacial score (nSPS) is 10.3. The molecule has 0 atom stereocenters. The lowest BCUT2D eigenvalue weighted by molar-refractivity contribution is 0.0946. The summed E-state index contributed by atoms with van der Waals surface area (Å²) in [6.07, 6.45) is 5.08. The molecular formula is C24H24FN3O2. The largest absolute Gasteiger partial charge is 0.491 e. The zero-order valence-corrected chi connectivity index (χ0v) is 17.0. The number of nitrogens with one attached hydrogen (secondary N) is 1. The van der Waals surface area contributed by atoms with Crippen LogP contribution in [0, 0.1) is 17.7 Å². The molecule has 1 aromatic carbocycles. The maximum atomic E-state index is 14.7. The van der Waals surface area contributed by atoms with Crippen LogP contribution in [-0.4, -0.2) is 22.5 Å². The van der Waals surface area contributed by atoms with E-state index in [1.807, 2.05) is 6.92 Å². The van der Waals surface area contributed by atoms with Crippen molar-refractivity contribution < 1.29 is 13.9 Å². The smallest absolute Gasteiger partial charge is 0.270 e. The van der Waals surface area contributed by atoms with Crippen molar-refractivity contribution in [1.29, 1.82) is 0 Å². The van der Waals surface area contributed by atoms with E-state index in [2.05, 4.69) is 27.1 Å². The van der Waals surface area contributed by atoms with E-state index in [1.165, 1.54) is 0 Å². The first-order chi connectivity index (χ1) is 14.7. The van der Waals surface area contributed by atoms with Gasteiger partial charge in [0, 0.05) is 31.1 Å². The Morgan fingerprint density at radius 1 is 1.10 bits per heavy atom. The van der Waals surface area contributed by atoms with E-state index >= 15 is 0 Å². The summed E-state index contributed by atoms with van der Waals surface area (Å²) in [5.74, 6) is 5.46. The monoisotopic (exact) mass is 405 g/mol. The van der Waals surface area contributed by atoms with Crippen molar-refractivity contribution in [2.24, 2.45) is 0 Å². The first-order valence-corrected chi connectivity index (χ1v) is 10.0. The molecule has 1 N–H and O–H groups in total. The number of fused-ring (bicyclic) bond motifs is 1. The second-order valence-corrected chi connectivity index (χ2v) is 6.66. The summed E-state index contributed by atoms with van der Waals surface area (Å²) in [6, 6.07) is 11.8.